The number of thioether (sulfide) groups is 1. The Hall–Kier alpha value is -4.77. The first-order valence-corrected chi connectivity index (χ1v) is 15.1. The van der Waals surface area contributed by atoms with Crippen LogP contribution in [0.25, 0.3) is 28.5 Å². The Bertz CT molecular complexity index is 1790. The van der Waals surface area contributed by atoms with E-state index < -0.39 is 5.25 Å². The molecule has 5 nitrogen and oxygen atoms in total. The highest BCUT2D eigenvalue weighted by atomic mass is 32.2. The van der Waals surface area contributed by atoms with Gasteiger partial charge < -0.3 is 5.32 Å². The van der Waals surface area contributed by atoms with Gasteiger partial charge in [-0.2, -0.15) is 5.26 Å². The van der Waals surface area contributed by atoms with Crippen molar-refractivity contribution in [2.24, 2.45) is 0 Å². The number of nitriles is 1. The summed E-state index contributed by atoms with van der Waals surface area (Å²) in [4.78, 5) is 31.6. The summed E-state index contributed by atoms with van der Waals surface area (Å²) in [5.41, 5.74) is 5.99. The van der Waals surface area contributed by atoms with E-state index in [-0.39, 0.29) is 11.7 Å². The van der Waals surface area contributed by atoms with Crippen LogP contribution in [0.3, 0.4) is 0 Å². The van der Waals surface area contributed by atoms with Crippen LogP contribution in [0.15, 0.2) is 114 Å². The largest absolute Gasteiger partial charge is 0.325 e. The second-order valence-corrected chi connectivity index (χ2v) is 11.9. The van der Waals surface area contributed by atoms with Crippen LogP contribution in [0, 0.1) is 18.3 Å². The third kappa shape index (κ3) is 6.92. The topological polar surface area (TPSA) is 82.8 Å². The number of aryl methyl sites for hydroxylation is 1. The summed E-state index contributed by atoms with van der Waals surface area (Å²) in [6.45, 7) is 3.80. The summed E-state index contributed by atoms with van der Waals surface area (Å²) < 4.78 is 0. The van der Waals surface area contributed by atoms with Gasteiger partial charge in [-0.05, 0) is 73.3 Å². The average molecular weight is 586 g/mol. The number of hydrogen-bond donors (Lipinski definition) is 1. The fraction of sp³-hybridized carbons (Fsp3) is 0.0857. The minimum absolute atomic E-state index is 0.108. The van der Waals surface area contributed by atoms with Gasteiger partial charge in [-0.1, -0.05) is 78.0 Å². The van der Waals surface area contributed by atoms with Gasteiger partial charge in [0.05, 0.1) is 16.5 Å². The molecule has 1 amide bonds. The molecule has 0 bridgehead atoms. The standard InChI is InChI=1S/C35H27N3O2S2/c1-23-8-6-11-27(20-23)30-21-32(25-9-4-3-5-10-25)38-35(31(30)22-36)42-24(2)34(40)37-28-15-13-26(14-16-28)33(39)18-17-29-12-7-19-41-29/h3-21,24H,1-2H3,(H,37,40). The highest BCUT2D eigenvalue weighted by Gasteiger charge is 2.22. The van der Waals surface area contributed by atoms with Gasteiger partial charge in [0.2, 0.25) is 5.91 Å². The molecule has 5 aromatic rings. The van der Waals surface area contributed by atoms with Gasteiger partial charge in [0.15, 0.2) is 5.78 Å². The molecular weight excluding hydrogens is 559 g/mol. The predicted octanol–water partition coefficient (Wildman–Crippen LogP) is 8.67. The van der Waals surface area contributed by atoms with Crippen molar-refractivity contribution in [3.05, 3.63) is 130 Å². The molecule has 1 unspecified atom stereocenters. The number of rotatable bonds is 9. The number of ketones is 1. The van der Waals surface area contributed by atoms with Gasteiger partial charge in [-0.3, -0.25) is 9.59 Å². The van der Waals surface area contributed by atoms with Crippen LogP contribution in [0.2, 0.25) is 0 Å². The van der Waals surface area contributed by atoms with Crippen LogP contribution in [-0.2, 0) is 4.79 Å². The van der Waals surface area contributed by atoms with Crippen LogP contribution in [0.1, 0.15) is 33.3 Å². The number of aromatic nitrogens is 1. The van der Waals surface area contributed by atoms with Crippen molar-refractivity contribution in [3.8, 4) is 28.5 Å². The number of nitrogens with zero attached hydrogens (tertiary/aromatic N) is 2. The smallest absolute Gasteiger partial charge is 0.237 e. The highest BCUT2D eigenvalue weighted by molar-refractivity contribution is 8.00. The number of amides is 1. The molecule has 0 fully saturated rings. The van der Waals surface area contributed by atoms with Crippen LogP contribution >= 0.6 is 23.1 Å². The Kier molecular flexibility index (Phi) is 9.08. The quantitative estimate of drug-likeness (QED) is 0.106. The van der Waals surface area contributed by atoms with Crippen molar-refractivity contribution in [1.29, 1.82) is 5.26 Å². The maximum absolute atomic E-state index is 13.2. The molecule has 206 valence electrons. The Morgan fingerprint density at radius 3 is 2.40 bits per heavy atom. The van der Waals surface area contributed by atoms with E-state index in [9.17, 15) is 14.9 Å². The first-order valence-electron chi connectivity index (χ1n) is 13.3. The van der Waals surface area contributed by atoms with Crippen molar-refractivity contribution < 1.29 is 9.59 Å². The number of carbonyl (C=O) groups excluding carboxylic acids is 2. The number of pyridine rings is 1. The SMILES string of the molecule is Cc1cccc(-c2cc(-c3ccccc3)nc(SC(C)C(=O)Nc3ccc(C(=O)C=Cc4cccs4)cc3)c2C#N)c1. The van der Waals surface area contributed by atoms with Crippen molar-refractivity contribution in [2.45, 2.75) is 24.1 Å². The number of hydrogen-bond acceptors (Lipinski definition) is 6. The molecule has 2 heterocycles. The molecular formula is C35H27N3O2S2. The van der Waals surface area contributed by atoms with Gasteiger partial charge in [0.25, 0.3) is 0 Å². The molecule has 1 N–H and O–H groups in total. The summed E-state index contributed by atoms with van der Waals surface area (Å²) in [6, 6.07) is 32.8. The summed E-state index contributed by atoms with van der Waals surface area (Å²) in [5.74, 6) is -0.340. The first kappa shape index (κ1) is 28.7. The fourth-order valence-corrected chi connectivity index (χ4v) is 5.88. The molecule has 5 rings (SSSR count). The Morgan fingerprint density at radius 1 is 0.952 bits per heavy atom. The fourth-order valence-electron chi connectivity index (χ4n) is 4.33. The zero-order valence-corrected chi connectivity index (χ0v) is 24.7. The number of allylic oxidation sites excluding steroid dienone is 1. The van der Waals surface area contributed by atoms with Crippen molar-refractivity contribution in [3.63, 3.8) is 0 Å². The van der Waals surface area contributed by atoms with Crippen LogP contribution in [0.5, 0.6) is 0 Å². The number of benzene rings is 3. The van der Waals surface area contributed by atoms with Gasteiger partial charge in [-0.25, -0.2) is 4.98 Å². The lowest BCUT2D eigenvalue weighted by molar-refractivity contribution is -0.115. The van der Waals surface area contributed by atoms with Crippen molar-refractivity contribution in [2.75, 3.05) is 5.32 Å². The maximum Gasteiger partial charge on any atom is 0.237 e. The molecule has 3 aromatic carbocycles. The second-order valence-electron chi connectivity index (χ2n) is 9.62. The maximum atomic E-state index is 13.2. The van der Waals surface area contributed by atoms with Gasteiger partial charge in [0.1, 0.15) is 11.1 Å². The lowest BCUT2D eigenvalue weighted by atomic mass is 9.98. The van der Waals surface area contributed by atoms with Crippen molar-refractivity contribution >= 4 is 46.6 Å². The zero-order valence-electron chi connectivity index (χ0n) is 23.1. The predicted molar refractivity (Wildman–Crippen MR) is 173 cm³/mol. The zero-order chi connectivity index (χ0) is 29.5. The molecule has 0 saturated heterocycles. The van der Waals surface area contributed by atoms with E-state index in [0.29, 0.717) is 21.8 Å². The van der Waals surface area contributed by atoms with Crippen LogP contribution in [0.4, 0.5) is 5.69 Å². The number of carbonyl (C=O) groups is 2. The molecule has 42 heavy (non-hydrogen) atoms. The van der Waals surface area contributed by atoms with E-state index in [1.807, 2.05) is 85.1 Å². The van der Waals surface area contributed by atoms with Gasteiger partial charge in [0, 0.05) is 27.3 Å². The lowest BCUT2D eigenvalue weighted by Crippen LogP contribution is -2.22. The molecule has 0 aliphatic rings. The molecule has 0 aliphatic heterocycles. The molecule has 0 aliphatic carbocycles. The van der Waals surface area contributed by atoms with Crippen LogP contribution < -0.4 is 5.32 Å². The molecule has 1 atom stereocenters. The summed E-state index contributed by atoms with van der Waals surface area (Å²) >= 11 is 2.81. The van der Waals surface area contributed by atoms with E-state index in [4.69, 9.17) is 4.98 Å². The van der Waals surface area contributed by atoms with Gasteiger partial charge >= 0.3 is 0 Å². The molecule has 7 heteroatoms. The number of anilines is 1. The molecule has 0 spiro atoms. The highest BCUT2D eigenvalue weighted by Crippen LogP contribution is 2.36. The molecule has 0 radical (unpaired) electrons. The Labute approximate surface area is 253 Å². The second kappa shape index (κ2) is 13.3. The lowest BCUT2D eigenvalue weighted by Gasteiger charge is -2.16. The summed E-state index contributed by atoms with van der Waals surface area (Å²) in [5, 5.41) is 15.0. The number of thiophene rings is 1. The first-order chi connectivity index (χ1) is 20.4. The minimum atomic E-state index is -0.545. The average Bonchev–Trinajstić information content (AvgIpc) is 3.54. The third-order valence-corrected chi connectivity index (χ3v) is 8.46. The normalized spacial score (nSPS) is 11.6. The minimum Gasteiger partial charge on any atom is -0.325 e. The van der Waals surface area contributed by atoms with Crippen molar-refractivity contribution in [1.82, 2.24) is 4.98 Å². The third-order valence-electron chi connectivity index (χ3n) is 6.53. The Morgan fingerprint density at radius 2 is 1.71 bits per heavy atom. The van der Waals surface area contributed by atoms with E-state index in [2.05, 4.69) is 11.4 Å². The Balaban J connectivity index is 1.36. The monoisotopic (exact) mass is 585 g/mol. The van der Waals surface area contributed by atoms with E-state index >= 15 is 0 Å². The van der Waals surface area contributed by atoms with E-state index in [0.717, 1.165) is 32.8 Å². The van der Waals surface area contributed by atoms with E-state index in [1.54, 1.807) is 54.7 Å². The van der Waals surface area contributed by atoms with E-state index in [1.165, 1.54) is 11.8 Å². The summed E-state index contributed by atoms with van der Waals surface area (Å²) in [7, 11) is 0. The molecule has 2 aromatic heterocycles. The molecule has 0 saturated carbocycles. The number of nitrogens with one attached hydrogen (secondary N) is 1. The van der Waals surface area contributed by atoms with Crippen LogP contribution in [-0.4, -0.2) is 21.9 Å². The summed E-state index contributed by atoms with van der Waals surface area (Å²) in [6.07, 6.45) is 3.34. The van der Waals surface area contributed by atoms with Gasteiger partial charge in [-0.15, -0.1) is 11.3 Å².